The molecule has 2 N–H and O–H groups in total. The number of aliphatic hydroxyl groups is 2. The molecule has 2 rings (SSSR count). The maximum Gasteiger partial charge on any atom is 0.298 e. The zero-order valence-corrected chi connectivity index (χ0v) is 15.5. The Kier molecular flexibility index (Phi) is 6.62. The van der Waals surface area contributed by atoms with Crippen LogP contribution in [-0.2, 0) is 11.8 Å². The SMILES string of the molecule is CCC(O)C(F)(F)c1ccc(C(=O)c2ccc(C(F)(F)C(O)CC)cc2)cc1. The van der Waals surface area contributed by atoms with Gasteiger partial charge in [-0.25, -0.2) is 0 Å². The van der Waals surface area contributed by atoms with Gasteiger partial charge in [0.2, 0.25) is 0 Å². The summed E-state index contributed by atoms with van der Waals surface area (Å²) in [5, 5.41) is 18.9. The molecule has 0 bridgehead atoms. The number of benzene rings is 2. The van der Waals surface area contributed by atoms with Crippen molar-refractivity contribution in [2.45, 2.75) is 50.7 Å². The number of halogens is 4. The molecule has 2 atom stereocenters. The largest absolute Gasteiger partial charge is 0.386 e. The van der Waals surface area contributed by atoms with Crippen LogP contribution in [0.4, 0.5) is 17.6 Å². The van der Waals surface area contributed by atoms with Gasteiger partial charge in [-0.2, -0.15) is 17.6 Å². The monoisotopic (exact) mass is 398 g/mol. The molecular weight excluding hydrogens is 376 g/mol. The molecule has 2 aromatic carbocycles. The lowest BCUT2D eigenvalue weighted by Gasteiger charge is -2.22. The summed E-state index contributed by atoms with van der Waals surface area (Å²) in [7, 11) is 0. The van der Waals surface area contributed by atoms with E-state index in [2.05, 4.69) is 0 Å². The maximum absolute atomic E-state index is 14.0. The van der Waals surface area contributed by atoms with Crippen LogP contribution < -0.4 is 0 Å². The Hall–Kier alpha value is -2.25. The molecule has 28 heavy (non-hydrogen) atoms. The molecule has 0 saturated carbocycles. The van der Waals surface area contributed by atoms with Gasteiger partial charge in [-0.05, 0) is 12.8 Å². The van der Waals surface area contributed by atoms with Gasteiger partial charge in [0.05, 0.1) is 0 Å². The lowest BCUT2D eigenvalue weighted by atomic mass is 9.95. The average molecular weight is 398 g/mol. The molecule has 7 heteroatoms. The second-order valence-electron chi connectivity index (χ2n) is 6.58. The molecule has 152 valence electrons. The van der Waals surface area contributed by atoms with Crippen LogP contribution in [-0.4, -0.2) is 28.2 Å². The van der Waals surface area contributed by atoms with Crippen molar-refractivity contribution < 1.29 is 32.6 Å². The van der Waals surface area contributed by atoms with Gasteiger partial charge >= 0.3 is 0 Å². The fourth-order valence-electron chi connectivity index (χ4n) is 2.75. The van der Waals surface area contributed by atoms with Gasteiger partial charge in [0.25, 0.3) is 11.8 Å². The molecule has 3 nitrogen and oxygen atoms in total. The third kappa shape index (κ3) is 4.25. The highest BCUT2D eigenvalue weighted by atomic mass is 19.3. The van der Waals surface area contributed by atoms with Crippen LogP contribution in [0.1, 0.15) is 53.7 Å². The lowest BCUT2D eigenvalue weighted by molar-refractivity contribution is -0.115. The molecule has 0 aliphatic rings. The highest BCUT2D eigenvalue weighted by Gasteiger charge is 2.40. The van der Waals surface area contributed by atoms with E-state index < -0.39 is 41.0 Å². The van der Waals surface area contributed by atoms with Crippen molar-refractivity contribution >= 4 is 5.78 Å². The fourth-order valence-corrected chi connectivity index (χ4v) is 2.75. The fraction of sp³-hybridized carbons (Fsp3) is 0.381. The molecule has 2 unspecified atom stereocenters. The minimum absolute atomic E-state index is 0.110. The van der Waals surface area contributed by atoms with Crippen LogP contribution in [0.15, 0.2) is 48.5 Å². The van der Waals surface area contributed by atoms with E-state index in [-0.39, 0.29) is 24.0 Å². The molecule has 0 aromatic heterocycles. The molecule has 0 aliphatic carbocycles. The number of aliphatic hydroxyl groups excluding tert-OH is 2. The quantitative estimate of drug-likeness (QED) is 0.503. The van der Waals surface area contributed by atoms with E-state index in [0.717, 1.165) is 24.3 Å². The van der Waals surface area contributed by atoms with E-state index in [1.165, 1.54) is 38.1 Å². The summed E-state index contributed by atoms with van der Waals surface area (Å²) in [6.07, 6.45) is -3.92. The molecule has 0 spiro atoms. The summed E-state index contributed by atoms with van der Waals surface area (Å²) in [6, 6.07) is 9.07. The number of alkyl halides is 4. The predicted molar refractivity (Wildman–Crippen MR) is 96.7 cm³/mol. The standard InChI is InChI=1S/C21H22F4O3/c1-3-17(26)20(22,23)15-9-5-13(6-10-15)19(28)14-7-11-16(12-8-14)21(24,25)18(27)4-2/h5-12,17-18,26-27H,3-4H2,1-2H3. The third-order valence-electron chi connectivity index (χ3n) is 4.67. The van der Waals surface area contributed by atoms with E-state index in [4.69, 9.17) is 0 Å². The molecule has 2 aromatic rings. The topological polar surface area (TPSA) is 57.5 Å². The van der Waals surface area contributed by atoms with Crippen molar-refractivity contribution in [1.29, 1.82) is 0 Å². The van der Waals surface area contributed by atoms with Crippen molar-refractivity contribution in [1.82, 2.24) is 0 Å². The zero-order valence-electron chi connectivity index (χ0n) is 15.5. The normalized spacial score (nSPS) is 14.6. The highest BCUT2D eigenvalue weighted by molar-refractivity contribution is 6.09. The molecule has 0 aliphatic heterocycles. The molecule has 0 amide bonds. The summed E-state index contributed by atoms with van der Waals surface area (Å²) >= 11 is 0. The Morgan fingerprint density at radius 1 is 0.750 bits per heavy atom. The number of carbonyl (C=O) groups is 1. The first-order valence-electron chi connectivity index (χ1n) is 8.93. The lowest BCUT2D eigenvalue weighted by Crippen LogP contribution is -2.30. The van der Waals surface area contributed by atoms with Gasteiger partial charge in [0.15, 0.2) is 5.78 Å². The first kappa shape index (κ1) is 22.0. The van der Waals surface area contributed by atoms with E-state index in [1.807, 2.05) is 0 Å². The second-order valence-corrected chi connectivity index (χ2v) is 6.58. The number of hydrogen-bond acceptors (Lipinski definition) is 3. The van der Waals surface area contributed by atoms with E-state index in [0.29, 0.717) is 0 Å². The highest BCUT2D eigenvalue weighted by Crippen LogP contribution is 2.34. The van der Waals surface area contributed by atoms with Gasteiger partial charge in [0.1, 0.15) is 12.2 Å². The van der Waals surface area contributed by atoms with E-state index in [9.17, 15) is 32.6 Å². The van der Waals surface area contributed by atoms with Crippen molar-refractivity contribution in [3.05, 3.63) is 70.8 Å². The number of rotatable bonds is 8. The average Bonchev–Trinajstić information content (AvgIpc) is 2.71. The van der Waals surface area contributed by atoms with Crippen LogP contribution >= 0.6 is 0 Å². The van der Waals surface area contributed by atoms with Crippen molar-refractivity contribution in [2.75, 3.05) is 0 Å². The summed E-state index contributed by atoms with van der Waals surface area (Å²) < 4.78 is 56.1. The van der Waals surface area contributed by atoms with Crippen molar-refractivity contribution in [2.24, 2.45) is 0 Å². The zero-order chi connectivity index (χ0) is 21.1. The number of hydrogen-bond donors (Lipinski definition) is 2. The van der Waals surface area contributed by atoms with Gasteiger partial charge < -0.3 is 10.2 Å². The smallest absolute Gasteiger partial charge is 0.298 e. The molecule has 0 radical (unpaired) electrons. The Labute approximate surface area is 160 Å². The van der Waals surface area contributed by atoms with Crippen molar-refractivity contribution in [3.8, 4) is 0 Å². The first-order chi connectivity index (χ1) is 13.1. The summed E-state index contributed by atoms with van der Waals surface area (Å²) in [5.41, 5.74) is -0.610. The van der Waals surface area contributed by atoms with Crippen molar-refractivity contribution in [3.63, 3.8) is 0 Å². The number of carbonyl (C=O) groups excluding carboxylic acids is 1. The van der Waals surface area contributed by atoms with Gasteiger partial charge in [-0.3, -0.25) is 4.79 Å². The molecule has 0 fully saturated rings. The van der Waals surface area contributed by atoms with Crippen LogP contribution in [0.5, 0.6) is 0 Å². The van der Waals surface area contributed by atoms with Crippen LogP contribution in [0, 0.1) is 0 Å². The summed E-state index contributed by atoms with van der Waals surface area (Å²) in [6.45, 7) is 2.87. The number of ketones is 1. The van der Waals surface area contributed by atoms with E-state index >= 15 is 0 Å². The Morgan fingerprint density at radius 3 is 1.29 bits per heavy atom. The third-order valence-corrected chi connectivity index (χ3v) is 4.67. The molecule has 0 heterocycles. The Bertz CT molecular complexity index is 734. The van der Waals surface area contributed by atoms with Gasteiger partial charge in [0, 0.05) is 22.3 Å². The Morgan fingerprint density at radius 2 is 1.04 bits per heavy atom. The minimum Gasteiger partial charge on any atom is -0.386 e. The summed E-state index contributed by atoms with van der Waals surface area (Å²) in [5.74, 6) is -7.40. The predicted octanol–water partition coefficient (Wildman–Crippen LogP) is 4.64. The van der Waals surface area contributed by atoms with Crippen LogP contribution in [0.3, 0.4) is 0 Å². The summed E-state index contributed by atoms with van der Waals surface area (Å²) in [4.78, 5) is 12.5. The second kappa shape index (κ2) is 8.41. The first-order valence-corrected chi connectivity index (χ1v) is 8.93. The van der Waals surface area contributed by atoms with Crippen LogP contribution in [0.2, 0.25) is 0 Å². The minimum atomic E-state index is -3.44. The molecular formula is C21H22F4O3. The van der Waals surface area contributed by atoms with E-state index in [1.54, 1.807) is 0 Å². The Balaban J connectivity index is 2.23. The van der Waals surface area contributed by atoms with Gasteiger partial charge in [-0.15, -0.1) is 0 Å². The van der Waals surface area contributed by atoms with Gasteiger partial charge in [-0.1, -0.05) is 62.4 Å². The molecule has 0 saturated heterocycles. The van der Waals surface area contributed by atoms with Crippen LogP contribution in [0.25, 0.3) is 0 Å². The maximum atomic E-state index is 14.0.